The maximum absolute atomic E-state index is 11.2. The van der Waals surface area contributed by atoms with Crippen molar-refractivity contribution in [3.05, 3.63) is 23.0 Å². The third kappa shape index (κ3) is 1.53. The van der Waals surface area contributed by atoms with Gasteiger partial charge in [-0.05, 0) is 13.0 Å². The lowest BCUT2D eigenvalue weighted by atomic mass is 10.2. The van der Waals surface area contributed by atoms with Gasteiger partial charge in [-0.15, -0.1) is 6.42 Å². The van der Waals surface area contributed by atoms with E-state index < -0.39 is 0 Å². The van der Waals surface area contributed by atoms with Gasteiger partial charge in [-0.25, -0.2) is 0 Å². The number of rotatable bonds is 2. The smallest absolute Gasteiger partial charge is 0.176 e. The molecule has 0 unspecified atom stereocenters. The molecule has 0 fully saturated rings. The highest BCUT2D eigenvalue weighted by molar-refractivity contribution is 5.93. The summed E-state index contributed by atoms with van der Waals surface area (Å²) < 4.78 is 1.68. The summed E-state index contributed by atoms with van der Waals surface area (Å²) in [6.07, 6.45) is 5.18. The Hall–Kier alpha value is -2.00. The van der Waals surface area contributed by atoms with Crippen molar-refractivity contribution in [1.82, 2.24) is 4.57 Å². The number of carbonyl (C=O) groups is 1. The number of hydrogen-bond acceptors (Lipinski definition) is 2. The molecule has 0 aliphatic rings. The summed E-state index contributed by atoms with van der Waals surface area (Å²) in [4.78, 5) is 11.2. The highest BCUT2D eigenvalue weighted by Crippen LogP contribution is 2.14. The van der Waals surface area contributed by atoms with E-state index in [9.17, 15) is 4.79 Å². The van der Waals surface area contributed by atoms with E-state index in [2.05, 4.69) is 5.92 Å². The zero-order valence-corrected chi connectivity index (χ0v) is 8.16. The van der Waals surface area contributed by atoms with Crippen LogP contribution in [0.1, 0.15) is 28.7 Å². The summed E-state index contributed by atoms with van der Waals surface area (Å²) in [5.74, 6) is 2.38. The average molecular weight is 186 g/mol. The summed E-state index contributed by atoms with van der Waals surface area (Å²) in [5, 5.41) is 8.78. The first-order valence-corrected chi connectivity index (χ1v) is 4.16. The third-order valence-electron chi connectivity index (χ3n) is 2.10. The normalized spacial score (nSPS) is 9.14. The largest absolute Gasteiger partial charge is 0.330 e. The van der Waals surface area contributed by atoms with Gasteiger partial charge in [-0.3, -0.25) is 4.79 Å². The molecule has 70 valence electrons. The first kappa shape index (κ1) is 10.1. The molecule has 0 spiro atoms. The van der Waals surface area contributed by atoms with Gasteiger partial charge >= 0.3 is 0 Å². The first-order valence-electron chi connectivity index (χ1n) is 4.16. The number of nitrogens with zero attached hydrogens (tertiary/aromatic N) is 2. The minimum atomic E-state index is -0.0788. The fourth-order valence-electron chi connectivity index (χ4n) is 1.35. The summed E-state index contributed by atoms with van der Waals surface area (Å²) in [5.41, 5.74) is 1.75. The lowest BCUT2D eigenvalue weighted by molar-refractivity contribution is 0.100. The minimum Gasteiger partial charge on any atom is -0.330 e. The third-order valence-corrected chi connectivity index (χ3v) is 2.10. The second-order valence-electron chi connectivity index (χ2n) is 2.99. The van der Waals surface area contributed by atoms with Crippen molar-refractivity contribution in [3.8, 4) is 18.4 Å². The van der Waals surface area contributed by atoms with Gasteiger partial charge in [0.05, 0.1) is 17.8 Å². The van der Waals surface area contributed by atoms with Crippen molar-refractivity contribution in [2.75, 3.05) is 0 Å². The molecule has 0 N–H and O–H groups in total. The maximum Gasteiger partial charge on any atom is 0.176 e. The SMILES string of the molecule is C#CCn1c(C(C)=O)cc(C#N)c1C. The Kier molecular flexibility index (Phi) is 2.74. The molecule has 3 heteroatoms. The fourth-order valence-corrected chi connectivity index (χ4v) is 1.35. The van der Waals surface area contributed by atoms with Crippen LogP contribution in [0, 0.1) is 30.6 Å². The van der Waals surface area contributed by atoms with Crippen LogP contribution in [0.3, 0.4) is 0 Å². The molecule has 0 radical (unpaired) electrons. The van der Waals surface area contributed by atoms with E-state index in [-0.39, 0.29) is 5.78 Å². The molecule has 14 heavy (non-hydrogen) atoms. The highest BCUT2D eigenvalue weighted by atomic mass is 16.1. The fraction of sp³-hybridized carbons (Fsp3) is 0.273. The van der Waals surface area contributed by atoms with E-state index in [1.807, 2.05) is 6.07 Å². The summed E-state index contributed by atoms with van der Waals surface area (Å²) in [6.45, 7) is 3.56. The van der Waals surface area contributed by atoms with E-state index in [4.69, 9.17) is 11.7 Å². The molecule has 0 saturated carbocycles. The van der Waals surface area contributed by atoms with Gasteiger partial charge in [0.15, 0.2) is 5.78 Å². The quantitative estimate of drug-likeness (QED) is 0.519. The van der Waals surface area contributed by atoms with Crippen molar-refractivity contribution in [3.63, 3.8) is 0 Å². The van der Waals surface area contributed by atoms with Gasteiger partial charge < -0.3 is 4.57 Å². The molecule has 3 nitrogen and oxygen atoms in total. The molecule has 0 aliphatic heterocycles. The number of carbonyl (C=O) groups excluding carboxylic acids is 1. The van der Waals surface area contributed by atoms with E-state index in [1.54, 1.807) is 17.6 Å². The van der Waals surface area contributed by atoms with Crippen LogP contribution in [0.4, 0.5) is 0 Å². The predicted molar refractivity (Wildman–Crippen MR) is 52.7 cm³/mol. The summed E-state index contributed by atoms with van der Waals surface area (Å²) in [6, 6.07) is 3.61. The van der Waals surface area contributed by atoms with Gasteiger partial charge in [0, 0.05) is 12.6 Å². The number of nitriles is 1. The Morgan fingerprint density at radius 3 is 2.79 bits per heavy atom. The van der Waals surface area contributed by atoms with Crippen molar-refractivity contribution in [2.24, 2.45) is 0 Å². The van der Waals surface area contributed by atoms with E-state index in [0.717, 1.165) is 5.69 Å². The first-order chi connectivity index (χ1) is 6.61. The monoisotopic (exact) mass is 186 g/mol. The van der Waals surface area contributed by atoms with Crippen LogP contribution in [0.5, 0.6) is 0 Å². The van der Waals surface area contributed by atoms with Gasteiger partial charge in [0.1, 0.15) is 6.07 Å². The Balaban J connectivity index is 3.38. The molecule has 0 aliphatic carbocycles. The molecule has 0 saturated heterocycles. The molecule has 0 amide bonds. The van der Waals surface area contributed by atoms with Gasteiger partial charge in [-0.1, -0.05) is 5.92 Å². The number of aromatic nitrogens is 1. The number of hydrogen-bond donors (Lipinski definition) is 0. The summed E-state index contributed by atoms with van der Waals surface area (Å²) >= 11 is 0. The number of Topliss-reactive ketones (excluding diaryl/α,β-unsaturated/α-hetero) is 1. The lowest BCUT2D eigenvalue weighted by Crippen LogP contribution is -2.07. The van der Waals surface area contributed by atoms with Crippen molar-refractivity contribution < 1.29 is 4.79 Å². The molecule has 1 aromatic rings. The highest BCUT2D eigenvalue weighted by Gasteiger charge is 2.13. The standard InChI is InChI=1S/C11H10N2O/c1-4-5-13-8(2)10(7-12)6-11(13)9(3)14/h1,6H,5H2,2-3H3. The second kappa shape index (κ2) is 3.81. The molecule has 0 bridgehead atoms. The number of terminal acetylenes is 1. The molecule has 0 atom stereocenters. The van der Waals surface area contributed by atoms with Crippen molar-refractivity contribution >= 4 is 5.78 Å². The predicted octanol–water partition coefficient (Wildman–Crippen LogP) is 1.50. The molecule has 1 heterocycles. The zero-order valence-electron chi connectivity index (χ0n) is 8.16. The average Bonchev–Trinajstić information content (AvgIpc) is 2.45. The van der Waals surface area contributed by atoms with E-state index in [0.29, 0.717) is 17.8 Å². The number of ketones is 1. The molecule has 1 aromatic heterocycles. The van der Waals surface area contributed by atoms with Gasteiger partial charge in [0.2, 0.25) is 0 Å². The topological polar surface area (TPSA) is 45.8 Å². The van der Waals surface area contributed by atoms with E-state index in [1.165, 1.54) is 6.92 Å². The Bertz CT molecular complexity index is 455. The van der Waals surface area contributed by atoms with Crippen LogP contribution in [0.15, 0.2) is 6.07 Å². The molecule has 0 aromatic carbocycles. The van der Waals surface area contributed by atoms with Crippen LogP contribution in [-0.2, 0) is 6.54 Å². The van der Waals surface area contributed by atoms with Crippen LogP contribution >= 0.6 is 0 Å². The van der Waals surface area contributed by atoms with Crippen LogP contribution in [-0.4, -0.2) is 10.4 Å². The molecule has 1 rings (SSSR count). The van der Waals surface area contributed by atoms with Gasteiger partial charge in [0.25, 0.3) is 0 Å². The Labute approximate surface area is 83.0 Å². The molecular formula is C11H10N2O. The van der Waals surface area contributed by atoms with E-state index >= 15 is 0 Å². The van der Waals surface area contributed by atoms with Crippen molar-refractivity contribution in [1.29, 1.82) is 5.26 Å². The Morgan fingerprint density at radius 1 is 1.71 bits per heavy atom. The lowest BCUT2D eigenvalue weighted by Gasteiger charge is -2.04. The summed E-state index contributed by atoms with van der Waals surface area (Å²) in [7, 11) is 0. The van der Waals surface area contributed by atoms with Crippen molar-refractivity contribution in [2.45, 2.75) is 20.4 Å². The minimum absolute atomic E-state index is 0.0788. The Morgan fingerprint density at radius 2 is 2.36 bits per heavy atom. The van der Waals surface area contributed by atoms with Crippen LogP contribution < -0.4 is 0 Å². The van der Waals surface area contributed by atoms with Crippen LogP contribution in [0.2, 0.25) is 0 Å². The second-order valence-corrected chi connectivity index (χ2v) is 2.99. The van der Waals surface area contributed by atoms with Gasteiger partial charge in [-0.2, -0.15) is 5.26 Å². The molecular weight excluding hydrogens is 176 g/mol. The maximum atomic E-state index is 11.2. The van der Waals surface area contributed by atoms with Crippen LogP contribution in [0.25, 0.3) is 0 Å². The zero-order chi connectivity index (χ0) is 10.7.